The first-order valence-corrected chi connectivity index (χ1v) is 3.00. The monoisotopic (exact) mass is 153 g/mol. The average Bonchev–Trinajstić information content (AvgIpc) is 2.04. The number of methoxy groups -OCH3 is 1. The van der Waals surface area contributed by atoms with Gasteiger partial charge in [0.05, 0.1) is 12.7 Å². The van der Waals surface area contributed by atoms with Gasteiger partial charge in [0, 0.05) is 0 Å². The Balaban J connectivity index is 3.20. The van der Waals surface area contributed by atoms with Crippen molar-refractivity contribution in [1.29, 1.82) is 0 Å². The zero-order valence-corrected chi connectivity index (χ0v) is 5.96. The fourth-order valence-corrected chi connectivity index (χ4v) is 0.679. The van der Waals surface area contributed by atoms with Crippen molar-refractivity contribution in [3.05, 3.63) is 28.0 Å². The molecular weight excluding hydrogens is 146 g/mol. The molecule has 0 aromatic carbocycles. The molecule has 11 heavy (non-hydrogen) atoms. The fourth-order valence-electron chi connectivity index (χ4n) is 0.679. The Hall–Kier alpha value is -1.58. The van der Waals surface area contributed by atoms with Crippen LogP contribution in [-0.4, -0.2) is 18.4 Å². The number of pyridine rings is 1. The third-order valence-corrected chi connectivity index (χ3v) is 1.26. The standard InChI is InChI=1S/C7H7NO3/c1-11-6-3-2-5(4-9)7(10)8-6/h2-4H,1H3,(H,8,10). The number of rotatable bonds is 2. The summed E-state index contributed by atoms with van der Waals surface area (Å²) in [6, 6.07) is 2.93. The van der Waals surface area contributed by atoms with Gasteiger partial charge in [-0.15, -0.1) is 0 Å². The highest BCUT2D eigenvalue weighted by Crippen LogP contribution is 2.00. The van der Waals surface area contributed by atoms with Crippen LogP contribution in [0.3, 0.4) is 0 Å². The lowest BCUT2D eigenvalue weighted by Gasteiger charge is -1.96. The van der Waals surface area contributed by atoms with Crippen LogP contribution in [-0.2, 0) is 0 Å². The summed E-state index contributed by atoms with van der Waals surface area (Å²) in [5, 5.41) is 0. The molecule has 4 nitrogen and oxygen atoms in total. The second-order valence-corrected chi connectivity index (χ2v) is 1.93. The van der Waals surface area contributed by atoms with Gasteiger partial charge >= 0.3 is 0 Å². The molecule has 58 valence electrons. The molecule has 0 aliphatic heterocycles. The first kappa shape index (κ1) is 7.53. The number of hydrogen-bond donors (Lipinski definition) is 1. The SMILES string of the molecule is COc1ccc(C=O)c(=O)[nH]1. The van der Waals surface area contributed by atoms with Crippen molar-refractivity contribution in [3.63, 3.8) is 0 Å². The maximum absolute atomic E-state index is 10.9. The van der Waals surface area contributed by atoms with Gasteiger partial charge < -0.3 is 4.74 Å². The summed E-state index contributed by atoms with van der Waals surface area (Å²) >= 11 is 0. The molecular formula is C7H7NO3. The van der Waals surface area contributed by atoms with Gasteiger partial charge in [-0.2, -0.15) is 0 Å². The van der Waals surface area contributed by atoms with Gasteiger partial charge in [-0.1, -0.05) is 0 Å². The molecule has 1 heterocycles. The van der Waals surface area contributed by atoms with Gasteiger partial charge in [-0.3, -0.25) is 14.6 Å². The highest BCUT2D eigenvalue weighted by atomic mass is 16.5. The van der Waals surface area contributed by atoms with Crippen molar-refractivity contribution in [1.82, 2.24) is 4.98 Å². The molecule has 1 N–H and O–H groups in total. The van der Waals surface area contributed by atoms with Crippen LogP contribution in [0.1, 0.15) is 10.4 Å². The highest BCUT2D eigenvalue weighted by Gasteiger charge is 1.97. The Morgan fingerprint density at radius 1 is 1.55 bits per heavy atom. The number of carbonyl (C=O) groups is 1. The molecule has 0 unspecified atom stereocenters. The van der Waals surface area contributed by atoms with E-state index < -0.39 is 5.56 Å². The number of carbonyl (C=O) groups excluding carboxylic acids is 1. The zero-order chi connectivity index (χ0) is 8.27. The van der Waals surface area contributed by atoms with E-state index in [9.17, 15) is 9.59 Å². The lowest BCUT2D eigenvalue weighted by Crippen LogP contribution is -2.11. The van der Waals surface area contributed by atoms with Gasteiger partial charge in [0.1, 0.15) is 0 Å². The van der Waals surface area contributed by atoms with E-state index in [1.165, 1.54) is 19.2 Å². The quantitative estimate of drug-likeness (QED) is 0.617. The molecule has 0 fully saturated rings. The normalized spacial score (nSPS) is 9.18. The van der Waals surface area contributed by atoms with Crippen LogP contribution in [0.15, 0.2) is 16.9 Å². The van der Waals surface area contributed by atoms with Crippen molar-refractivity contribution >= 4 is 6.29 Å². The van der Waals surface area contributed by atoms with Crippen molar-refractivity contribution in [3.8, 4) is 5.88 Å². The smallest absolute Gasteiger partial charge is 0.261 e. The molecule has 1 aromatic rings. The third-order valence-electron chi connectivity index (χ3n) is 1.26. The van der Waals surface area contributed by atoms with E-state index in [2.05, 4.69) is 4.98 Å². The Bertz CT molecular complexity index is 316. The van der Waals surface area contributed by atoms with E-state index in [-0.39, 0.29) is 5.56 Å². The molecule has 0 amide bonds. The van der Waals surface area contributed by atoms with E-state index in [1.54, 1.807) is 0 Å². The van der Waals surface area contributed by atoms with Gasteiger partial charge in [-0.05, 0) is 12.1 Å². The first-order valence-electron chi connectivity index (χ1n) is 3.00. The number of aromatic amines is 1. The molecule has 0 aliphatic carbocycles. The molecule has 0 saturated carbocycles. The van der Waals surface area contributed by atoms with Crippen LogP contribution in [0.4, 0.5) is 0 Å². The molecule has 1 rings (SSSR count). The largest absolute Gasteiger partial charge is 0.482 e. The van der Waals surface area contributed by atoms with Gasteiger partial charge in [0.15, 0.2) is 12.2 Å². The number of nitrogens with one attached hydrogen (secondary N) is 1. The summed E-state index contributed by atoms with van der Waals surface area (Å²) in [7, 11) is 1.44. The average molecular weight is 153 g/mol. The Labute approximate surface area is 62.8 Å². The summed E-state index contributed by atoms with van der Waals surface area (Å²) in [4.78, 5) is 23.4. The topological polar surface area (TPSA) is 59.2 Å². The van der Waals surface area contributed by atoms with Gasteiger partial charge in [-0.25, -0.2) is 0 Å². The van der Waals surface area contributed by atoms with E-state index in [0.717, 1.165) is 0 Å². The van der Waals surface area contributed by atoms with Crippen LogP contribution < -0.4 is 10.3 Å². The second-order valence-electron chi connectivity index (χ2n) is 1.93. The van der Waals surface area contributed by atoms with E-state index >= 15 is 0 Å². The summed E-state index contributed by atoms with van der Waals surface area (Å²) in [5.41, 5.74) is -0.329. The van der Waals surface area contributed by atoms with Crippen molar-refractivity contribution in [2.75, 3.05) is 7.11 Å². The van der Waals surface area contributed by atoms with E-state index in [4.69, 9.17) is 4.74 Å². The van der Waals surface area contributed by atoms with Crippen LogP contribution in [0.25, 0.3) is 0 Å². The van der Waals surface area contributed by atoms with Crippen LogP contribution in [0.2, 0.25) is 0 Å². The molecule has 1 aromatic heterocycles. The first-order chi connectivity index (χ1) is 5.27. The van der Waals surface area contributed by atoms with Crippen molar-refractivity contribution < 1.29 is 9.53 Å². The lowest BCUT2D eigenvalue weighted by molar-refractivity contribution is 0.112. The Morgan fingerprint density at radius 3 is 2.73 bits per heavy atom. The Morgan fingerprint density at radius 2 is 2.27 bits per heavy atom. The van der Waals surface area contributed by atoms with Crippen molar-refractivity contribution in [2.45, 2.75) is 0 Å². The van der Waals surface area contributed by atoms with Crippen LogP contribution in [0, 0.1) is 0 Å². The molecule has 0 atom stereocenters. The number of aldehydes is 1. The summed E-state index contributed by atoms with van der Waals surface area (Å²) in [6.45, 7) is 0. The van der Waals surface area contributed by atoms with Crippen LogP contribution >= 0.6 is 0 Å². The number of aromatic nitrogens is 1. The molecule has 0 radical (unpaired) electrons. The lowest BCUT2D eigenvalue weighted by atomic mass is 10.3. The molecule has 0 aliphatic rings. The summed E-state index contributed by atoms with van der Waals surface area (Å²) < 4.78 is 4.72. The minimum absolute atomic E-state index is 0.103. The van der Waals surface area contributed by atoms with Gasteiger partial charge in [0.25, 0.3) is 5.56 Å². The molecule has 4 heteroatoms. The molecule has 0 saturated heterocycles. The predicted molar refractivity (Wildman–Crippen MR) is 39.0 cm³/mol. The molecule has 0 spiro atoms. The fraction of sp³-hybridized carbons (Fsp3) is 0.143. The minimum atomic E-state index is -0.431. The summed E-state index contributed by atoms with van der Waals surface area (Å²) in [5.74, 6) is 0.348. The van der Waals surface area contributed by atoms with E-state index in [1.807, 2.05) is 0 Å². The predicted octanol–water partition coefficient (Wildman–Crippen LogP) is 0.196. The van der Waals surface area contributed by atoms with Crippen LogP contribution in [0.5, 0.6) is 5.88 Å². The van der Waals surface area contributed by atoms with Gasteiger partial charge in [0.2, 0.25) is 0 Å². The third kappa shape index (κ3) is 1.46. The van der Waals surface area contributed by atoms with E-state index in [0.29, 0.717) is 12.2 Å². The van der Waals surface area contributed by atoms with Crippen molar-refractivity contribution in [2.24, 2.45) is 0 Å². The number of hydrogen-bond acceptors (Lipinski definition) is 3. The maximum atomic E-state index is 10.9. The minimum Gasteiger partial charge on any atom is -0.482 e. The maximum Gasteiger partial charge on any atom is 0.261 e. The highest BCUT2D eigenvalue weighted by molar-refractivity contribution is 5.73. The summed E-state index contributed by atoms with van der Waals surface area (Å²) in [6.07, 6.45) is 0.498. The second kappa shape index (κ2) is 3.01. The Kier molecular flexibility index (Phi) is 2.06. The zero-order valence-electron chi connectivity index (χ0n) is 5.96. The number of ether oxygens (including phenoxy) is 1. The number of H-pyrrole nitrogens is 1. The molecule has 0 bridgehead atoms.